The first-order valence-corrected chi connectivity index (χ1v) is 9.75. The Bertz CT molecular complexity index is 646. The van der Waals surface area contributed by atoms with Gasteiger partial charge in [-0.1, -0.05) is 6.92 Å². The van der Waals surface area contributed by atoms with Crippen LogP contribution in [-0.2, 0) is 6.54 Å². The second kappa shape index (κ2) is 8.10. The number of likely N-dealkylation sites (N-methyl/N-ethyl adjacent to an activating group) is 1. The van der Waals surface area contributed by atoms with Crippen LogP contribution in [0.1, 0.15) is 35.9 Å². The van der Waals surface area contributed by atoms with Crippen LogP contribution in [0.3, 0.4) is 0 Å². The highest BCUT2D eigenvalue weighted by molar-refractivity contribution is 7.10. The highest BCUT2D eigenvalue weighted by Crippen LogP contribution is 2.24. The lowest BCUT2D eigenvalue weighted by atomic mass is 10.1. The maximum atomic E-state index is 4.59. The van der Waals surface area contributed by atoms with Crippen molar-refractivity contribution in [1.82, 2.24) is 15.2 Å². The summed E-state index contributed by atoms with van der Waals surface area (Å²) in [4.78, 5) is 10.9. The molecular weight excluding hydrogens is 316 g/mol. The van der Waals surface area contributed by atoms with Crippen molar-refractivity contribution in [2.45, 2.75) is 33.4 Å². The van der Waals surface area contributed by atoms with Gasteiger partial charge in [0.2, 0.25) is 0 Å². The minimum Gasteiger partial charge on any atom is -0.354 e. The first-order valence-electron chi connectivity index (χ1n) is 8.87. The molecule has 2 aromatic rings. The van der Waals surface area contributed by atoms with Gasteiger partial charge in [-0.3, -0.25) is 0 Å². The van der Waals surface area contributed by atoms with Crippen LogP contribution in [-0.4, -0.2) is 42.6 Å². The average Bonchev–Trinajstić information content (AvgIpc) is 3.06. The maximum Gasteiger partial charge on any atom is 0.128 e. The second-order valence-corrected chi connectivity index (χ2v) is 7.46. The van der Waals surface area contributed by atoms with E-state index in [0.29, 0.717) is 6.04 Å². The quantitative estimate of drug-likeness (QED) is 0.870. The minimum atomic E-state index is 0.384. The summed E-state index contributed by atoms with van der Waals surface area (Å²) in [6.45, 7) is 13.1. The third-order valence-corrected chi connectivity index (χ3v) is 6.06. The predicted octanol–water partition coefficient (Wildman–Crippen LogP) is 3.44. The van der Waals surface area contributed by atoms with Gasteiger partial charge in [0.1, 0.15) is 5.82 Å². The van der Waals surface area contributed by atoms with Gasteiger partial charge in [0.15, 0.2) is 0 Å². The molecule has 0 radical (unpaired) electrons. The number of aryl methyl sites for hydroxylation is 1. The van der Waals surface area contributed by atoms with Gasteiger partial charge in [0.05, 0.1) is 0 Å². The van der Waals surface area contributed by atoms with Gasteiger partial charge in [-0.05, 0) is 55.1 Å². The maximum absolute atomic E-state index is 4.59. The lowest BCUT2D eigenvalue weighted by Gasteiger charge is -2.34. The Morgan fingerprint density at radius 1 is 1.25 bits per heavy atom. The van der Waals surface area contributed by atoms with Gasteiger partial charge in [-0.15, -0.1) is 11.3 Å². The van der Waals surface area contributed by atoms with Gasteiger partial charge in [0.25, 0.3) is 0 Å². The number of anilines is 1. The van der Waals surface area contributed by atoms with Crippen LogP contribution in [0.5, 0.6) is 0 Å². The summed E-state index contributed by atoms with van der Waals surface area (Å²) in [5, 5.41) is 5.81. The molecule has 0 unspecified atom stereocenters. The van der Waals surface area contributed by atoms with E-state index in [1.54, 1.807) is 0 Å². The number of rotatable bonds is 6. The summed E-state index contributed by atoms with van der Waals surface area (Å²) in [6, 6.07) is 6.93. The fraction of sp³-hybridized carbons (Fsp3) is 0.526. The summed E-state index contributed by atoms with van der Waals surface area (Å²) in [5.41, 5.74) is 2.68. The Morgan fingerprint density at radius 3 is 2.71 bits per heavy atom. The third kappa shape index (κ3) is 4.15. The topological polar surface area (TPSA) is 31.4 Å². The van der Waals surface area contributed by atoms with Gasteiger partial charge >= 0.3 is 0 Å². The van der Waals surface area contributed by atoms with Gasteiger partial charge in [-0.25, -0.2) is 4.98 Å². The van der Waals surface area contributed by atoms with Crippen molar-refractivity contribution in [2.75, 3.05) is 37.6 Å². The summed E-state index contributed by atoms with van der Waals surface area (Å²) in [7, 11) is 0. The van der Waals surface area contributed by atoms with Crippen LogP contribution < -0.4 is 10.2 Å². The molecule has 0 amide bonds. The largest absolute Gasteiger partial charge is 0.354 e. The van der Waals surface area contributed by atoms with Crippen LogP contribution in [0, 0.1) is 6.92 Å². The molecule has 0 spiro atoms. The molecule has 5 heteroatoms. The predicted molar refractivity (Wildman–Crippen MR) is 103 cm³/mol. The molecule has 0 bridgehead atoms. The van der Waals surface area contributed by atoms with E-state index in [0.717, 1.165) is 45.1 Å². The smallest absolute Gasteiger partial charge is 0.128 e. The highest BCUT2D eigenvalue weighted by Gasteiger charge is 2.17. The molecular formula is C19H28N4S. The standard InChI is InChI=1S/C19H28N4S/c1-4-22-8-10-23(11-9-22)18-13-17(5-7-20-18)14-21-16(3)19-15(2)6-12-24-19/h5-7,12-13,16,21H,4,8-11,14H2,1-3H3/t16-/m1/s1. The Morgan fingerprint density at radius 2 is 2.04 bits per heavy atom. The molecule has 3 heterocycles. The van der Waals surface area contributed by atoms with Crippen molar-refractivity contribution in [3.05, 3.63) is 45.8 Å². The number of hydrogen-bond acceptors (Lipinski definition) is 5. The van der Waals surface area contributed by atoms with Crippen LogP contribution in [0.4, 0.5) is 5.82 Å². The van der Waals surface area contributed by atoms with Crippen LogP contribution in [0.2, 0.25) is 0 Å². The molecule has 130 valence electrons. The van der Waals surface area contributed by atoms with Crippen LogP contribution in [0.25, 0.3) is 0 Å². The molecule has 0 aromatic carbocycles. The molecule has 0 saturated carbocycles. The Hall–Kier alpha value is -1.43. The highest BCUT2D eigenvalue weighted by atomic mass is 32.1. The molecule has 1 atom stereocenters. The molecule has 1 saturated heterocycles. The van der Waals surface area contributed by atoms with E-state index in [1.807, 2.05) is 17.5 Å². The molecule has 1 N–H and O–H groups in total. The molecule has 3 rings (SSSR count). The lowest BCUT2D eigenvalue weighted by Crippen LogP contribution is -2.46. The van der Waals surface area contributed by atoms with Crippen LogP contribution >= 0.6 is 11.3 Å². The zero-order valence-electron chi connectivity index (χ0n) is 15.0. The number of nitrogens with zero attached hydrogens (tertiary/aromatic N) is 3. The molecule has 2 aromatic heterocycles. The van der Waals surface area contributed by atoms with E-state index >= 15 is 0 Å². The van der Waals surface area contributed by atoms with Crippen molar-refractivity contribution >= 4 is 17.2 Å². The summed E-state index contributed by atoms with van der Waals surface area (Å²) >= 11 is 1.83. The second-order valence-electron chi connectivity index (χ2n) is 6.51. The number of aromatic nitrogens is 1. The summed E-state index contributed by atoms with van der Waals surface area (Å²) in [5.74, 6) is 1.12. The monoisotopic (exact) mass is 344 g/mol. The normalized spacial score (nSPS) is 17.2. The van der Waals surface area contributed by atoms with Gasteiger partial charge in [-0.2, -0.15) is 0 Å². The molecule has 1 aliphatic heterocycles. The first kappa shape index (κ1) is 17.4. The SMILES string of the molecule is CCN1CCN(c2cc(CN[C@H](C)c3sccc3C)ccn2)CC1. The van der Waals surface area contributed by atoms with Crippen molar-refractivity contribution < 1.29 is 0 Å². The molecule has 4 nitrogen and oxygen atoms in total. The van der Waals surface area contributed by atoms with E-state index in [4.69, 9.17) is 0 Å². The first-order chi connectivity index (χ1) is 11.7. The fourth-order valence-corrected chi connectivity index (χ4v) is 4.19. The van der Waals surface area contributed by atoms with E-state index < -0.39 is 0 Å². The summed E-state index contributed by atoms with van der Waals surface area (Å²) < 4.78 is 0. The molecule has 1 aliphatic rings. The third-order valence-electron chi connectivity index (χ3n) is 4.86. The Balaban J connectivity index is 1.58. The zero-order valence-corrected chi connectivity index (χ0v) is 15.8. The number of pyridine rings is 1. The number of piperazine rings is 1. The molecule has 1 fully saturated rings. The van der Waals surface area contributed by atoms with E-state index in [9.17, 15) is 0 Å². The lowest BCUT2D eigenvalue weighted by molar-refractivity contribution is 0.270. The molecule has 24 heavy (non-hydrogen) atoms. The minimum absolute atomic E-state index is 0.384. The molecule has 0 aliphatic carbocycles. The number of hydrogen-bond donors (Lipinski definition) is 1. The van der Waals surface area contributed by atoms with Gasteiger partial charge < -0.3 is 15.1 Å². The van der Waals surface area contributed by atoms with Crippen LogP contribution in [0.15, 0.2) is 29.8 Å². The van der Waals surface area contributed by atoms with E-state index in [2.05, 4.69) is 64.5 Å². The Kier molecular flexibility index (Phi) is 5.87. The van der Waals surface area contributed by atoms with E-state index in [-0.39, 0.29) is 0 Å². The summed E-state index contributed by atoms with van der Waals surface area (Å²) in [6.07, 6.45) is 1.94. The average molecular weight is 345 g/mol. The van der Waals surface area contributed by atoms with Crippen molar-refractivity contribution in [3.63, 3.8) is 0 Å². The fourth-order valence-electron chi connectivity index (χ4n) is 3.23. The number of nitrogens with one attached hydrogen (secondary N) is 1. The Labute approximate surface area is 149 Å². The van der Waals surface area contributed by atoms with Crippen molar-refractivity contribution in [2.24, 2.45) is 0 Å². The van der Waals surface area contributed by atoms with Crippen molar-refractivity contribution in [1.29, 1.82) is 0 Å². The number of thiophene rings is 1. The van der Waals surface area contributed by atoms with E-state index in [1.165, 1.54) is 16.0 Å². The zero-order chi connectivity index (χ0) is 16.9. The van der Waals surface area contributed by atoms with Crippen molar-refractivity contribution in [3.8, 4) is 0 Å². The van der Waals surface area contributed by atoms with Gasteiger partial charge in [0, 0.05) is 49.8 Å².